The second-order valence-electron chi connectivity index (χ2n) is 10.5. The van der Waals surface area contributed by atoms with Crippen molar-refractivity contribution in [3.63, 3.8) is 0 Å². The fourth-order valence-electron chi connectivity index (χ4n) is 8.23. The molecule has 3 heteroatoms. The van der Waals surface area contributed by atoms with E-state index in [1.165, 1.54) is 56.9 Å². The topological polar surface area (TPSA) is 42.2 Å². The van der Waals surface area contributed by atoms with Crippen LogP contribution in [0.2, 0.25) is 0 Å². The Kier molecular flexibility index (Phi) is 4.26. The highest BCUT2D eigenvalue weighted by Crippen LogP contribution is 2.67. The molecule has 3 nitrogen and oxygen atoms in total. The highest BCUT2D eigenvalue weighted by molar-refractivity contribution is 5.35. The Bertz CT molecular complexity index is 685. The fraction of sp³-hybridized carbons (Fsp3) is 0.875. The summed E-state index contributed by atoms with van der Waals surface area (Å²) in [7, 11) is 0. The van der Waals surface area contributed by atoms with Crippen molar-refractivity contribution in [1.29, 1.82) is 5.26 Å². The maximum absolute atomic E-state index is 9.25. The molecule has 1 aliphatic heterocycles. The molecule has 0 aromatic heterocycles. The summed E-state index contributed by atoms with van der Waals surface area (Å²) in [5, 5.41) is 9.25. The van der Waals surface area contributed by atoms with E-state index in [9.17, 15) is 5.26 Å². The van der Waals surface area contributed by atoms with Gasteiger partial charge in [0.1, 0.15) is 0 Å². The van der Waals surface area contributed by atoms with Crippen molar-refractivity contribution in [2.24, 2.45) is 28.6 Å². The van der Waals surface area contributed by atoms with Crippen molar-refractivity contribution in [3.05, 3.63) is 11.1 Å². The first-order chi connectivity index (χ1) is 13.0. The Hall–Kier alpha value is -0.850. The van der Waals surface area contributed by atoms with Crippen LogP contribution in [-0.2, 0) is 9.47 Å². The van der Waals surface area contributed by atoms with Crippen molar-refractivity contribution in [1.82, 2.24) is 0 Å². The van der Waals surface area contributed by atoms with Gasteiger partial charge in [-0.3, -0.25) is 0 Å². The van der Waals surface area contributed by atoms with Crippen LogP contribution in [0.5, 0.6) is 0 Å². The van der Waals surface area contributed by atoms with Crippen molar-refractivity contribution in [2.75, 3.05) is 13.2 Å². The monoisotopic (exact) mass is 369 g/mol. The highest BCUT2D eigenvalue weighted by atomic mass is 16.7. The summed E-state index contributed by atoms with van der Waals surface area (Å²) < 4.78 is 12.4. The molecule has 1 heterocycles. The average molecular weight is 370 g/mol. The first-order valence-electron chi connectivity index (χ1n) is 11.4. The van der Waals surface area contributed by atoms with E-state index in [1.54, 1.807) is 5.57 Å². The van der Waals surface area contributed by atoms with Gasteiger partial charge in [0.25, 0.3) is 0 Å². The van der Waals surface area contributed by atoms with Gasteiger partial charge in [0.15, 0.2) is 5.79 Å². The summed E-state index contributed by atoms with van der Waals surface area (Å²) in [4.78, 5) is 0. The van der Waals surface area contributed by atoms with Crippen LogP contribution in [0.25, 0.3) is 0 Å². The van der Waals surface area contributed by atoms with Crippen LogP contribution < -0.4 is 0 Å². The van der Waals surface area contributed by atoms with Gasteiger partial charge in [-0.05, 0) is 85.5 Å². The largest absolute Gasteiger partial charge is 0.344 e. The lowest BCUT2D eigenvalue weighted by atomic mass is 9.46. The zero-order valence-corrected chi connectivity index (χ0v) is 17.2. The van der Waals surface area contributed by atoms with Crippen molar-refractivity contribution < 1.29 is 9.47 Å². The van der Waals surface area contributed by atoms with Crippen LogP contribution in [0.1, 0.15) is 84.5 Å². The third kappa shape index (κ3) is 2.52. The molecule has 0 aromatic rings. The molecular formula is C24H35NO2. The predicted octanol–water partition coefficient (Wildman–Crippen LogP) is 5.76. The van der Waals surface area contributed by atoms with E-state index in [1.807, 2.05) is 0 Å². The smallest absolute Gasteiger partial charge is 0.191 e. The van der Waals surface area contributed by atoms with Crippen LogP contribution in [0.4, 0.5) is 0 Å². The predicted molar refractivity (Wildman–Crippen MR) is 105 cm³/mol. The van der Waals surface area contributed by atoms with Gasteiger partial charge in [-0.15, -0.1) is 0 Å². The molecule has 0 N–H and O–H groups in total. The minimum absolute atomic E-state index is 0.304. The van der Waals surface area contributed by atoms with Crippen LogP contribution in [0.15, 0.2) is 11.1 Å². The fourth-order valence-corrected chi connectivity index (χ4v) is 8.23. The van der Waals surface area contributed by atoms with E-state index in [4.69, 9.17) is 9.47 Å². The summed E-state index contributed by atoms with van der Waals surface area (Å²) in [5.74, 6) is 2.20. The average Bonchev–Trinajstić information content (AvgIpc) is 3.28. The molecule has 5 atom stereocenters. The molecule has 0 unspecified atom stereocenters. The van der Waals surface area contributed by atoms with Crippen molar-refractivity contribution in [2.45, 2.75) is 90.3 Å². The number of nitrogens with zero attached hydrogens (tertiary/aromatic N) is 1. The number of rotatable bonds is 2. The molecule has 5 rings (SSSR count). The SMILES string of the molecule is C[C@@]12CCC[C@@H]1[C@@H]1CCC3=C(CCC#N)C4(CC[C@]3(C)[C@@H]1CC2)OCCO4. The molecule has 1 saturated heterocycles. The van der Waals surface area contributed by atoms with E-state index in [-0.39, 0.29) is 0 Å². The highest BCUT2D eigenvalue weighted by Gasteiger charge is 2.59. The molecule has 0 bridgehead atoms. The summed E-state index contributed by atoms with van der Waals surface area (Å²) in [5.41, 5.74) is 3.93. The van der Waals surface area contributed by atoms with Crippen molar-refractivity contribution >= 4 is 0 Å². The zero-order valence-electron chi connectivity index (χ0n) is 17.2. The molecule has 5 aliphatic rings. The van der Waals surface area contributed by atoms with Crippen LogP contribution >= 0.6 is 0 Å². The number of nitriles is 1. The molecule has 0 amide bonds. The maximum Gasteiger partial charge on any atom is 0.191 e. The van der Waals surface area contributed by atoms with Gasteiger partial charge in [0.2, 0.25) is 0 Å². The van der Waals surface area contributed by atoms with Gasteiger partial charge in [0.05, 0.1) is 19.3 Å². The molecule has 0 aromatic carbocycles. The normalized spacial score (nSPS) is 45.3. The lowest BCUT2D eigenvalue weighted by Gasteiger charge is -2.59. The molecule has 1 spiro atoms. The van der Waals surface area contributed by atoms with Crippen LogP contribution in [-0.4, -0.2) is 19.0 Å². The third-order valence-electron chi connectivity index (χ3n) is 9.49. The lowest BCUT2D eigenvalue weighted by Crippen LogP contribution is -2.52. The second-order valence-corrected chi connectivity index (χ2v) is 10.5. The quantitative estimate of drug-likeness (QED) is 0.581. The first-order valence-corrected chi connectivity index (χ1v) is 11.4. The molecule has 4 aliphatic carbocycles. The molecule has 27 heavy (non-hydrogen) atoms. The van der Waals surface area contributed by atoms with Gasteiger partial charge in [-0.25, -0.2) is 0 Å². The minimum atomic E-state index is -0.491. The standard InChI is InChI=1S/C24H35NO2/c1-22-10-3-5-18(22)17-7-8-20-21(6-4-14-25)24(26-15-16-27-24)13-12-23(20,2)19(17)9-11-22/h17-19H,3-13,15-16H2,1-2H3/t17-,18+,19+,22-,23+/m0/s1. The molecule has 3 saturated carbocycles. The van der Waals surface area contributed by atoms with E-state index >= 15 is 0 Å². The Morgan fingerprint density at radius 2 is 1.81 bits per heavy atom. The number of ether oxygens (including phenoxy) is 2. The van der Waals surface area contributed by atoms with E-state index in [0.717, 1.165) is 30.6 Å². The van der Waals surface area contributed by atoms with Gasteiger partial charge < -0.3 is 9.47 Å². The molecule has 0 radical (unpaired) electrons. The summed E-state index contributed by atoms with van der Waals surface area (Å²) >= 11 is 0. The Morgan fingerprint density at radius 3 is 2.59 bits per heavy atom. The summed E-state index contributed by atoms with van der Waals surface area (Å²) in [6.07, 6.45) is 13.3. The van der Waals surface area contributed by atoms with Gasteiger partial charge in [-0.1, -0.05) is 25.8 Å². The summed E-state index contributed by atoms with van der Waals surface area (Å²) in [6, 6.07) is 2.38. The van der Waals surface area contributed by atoms with Gasteiger partial charge in [-0.2, -0.15) is 5.26 Å². The van der Waals surface area contributed by atoms with Gasteiger partial charge >= 0.3 is 0 Å². The van der Waals surface area contributed by atoms with E-state index < -0.39 is 5.79 Å². The number of allylic oxidation sites excluding steroid dienone is 1. The van der Waals surface area contributed by atoms with Crippen LogP contribution in [0, 0.1) is 39.9 Å². The van der Waals surface area contributed by atoms with Crippen LogP contribution in [0.3, 0.4) is 0 Å². The molecule has 4 fully saturated rings. The zero-order chi connectivity index (χ0) is 18.7. The summed E-state index contributed by atoms with van der Waals surface area (Å²) in [6.45, 7) is 6.55. The second kappa shape index (κ2) is 6.33. The Labute approximate surface area is 164 Å². The van der Waals surface area contributed by atoms with Crippen molar-refractivity contribution in [3.8, 4) is 6.07 Å². The minimum Gasteiger partial charge on any atom is -0.344 e. The number of fused-ring (bicyclic) bond motifs is 5. The third-order valence-corrected chi connectivity index (χ3v) is 9.49. The first kappa shape index (κ1) is 18.2. The lowest BCUT2D eigenvalue weighted by molar-refractivity contribution is -0.155. The maximum atomic E-state index is 9.25. The molecular weight excluding hydrogens is 334 g/mol. The van der Waals surface area contributed by atoms with E-state index in [2.05, 4.69) is 19.9 Å². The van der Waals surface area contributed by atoms with Gasteiger partial charge in [0, 0.05) is 12.8 Å². The Morgan fingerprint density at radius 1 is 1.00 bits per heavy atom. The Balaban J connectivity index is 1.53. The number of hydrogen-bond donors (Lipinski definition) is 0. The van der Waals surface area contributed by atoms with E-state index in [0.29, 0.717) is 30.5 Å². The number of hydrogen-bond acceptors (Lipinski definition) is 3. The molecule has 148 valence electrons.